The van der Waals surface area contributed by atoms with Crippen molar-refractivity contribution < 1.29 is 14.3 Å². The number of carbonyl (C=O) groups excluding carboxylic acids is 1. The average Bonchev–Trinajstić information content (AvgIpc) is 2.99. The van der Waals surface area contributed by atoms with Crippen LogP contribution < -0.4 is 10.1 Å². The fraction of sp³-hybridized carbons (Fsp3) is 0.611. The summed E-state index contributed by atoms with van der Waals surface area (Å²) in [6.07, 6.45) is 3.18. The van der Waals surface area contributed by atoms with Gasteiger partial charge in [-0.3, -0.25) is 4.79 Å². The first-order chi connectivity index (χ1) is 10.5. The lowest BCUT2D eigenvalue weighted by Crippen LogP contribution is -2.52. The van der Waals surface area contributed by atoms with E-state index in [1.807, 2.05) is 24.3 Å². The van der Waals surface area contributed by atoms with Gasteiger partial charge in [0, 0.05) is 16.5 Å². The van der Waals surface area contributed by atoms with Crippen molar-refractivity contribution in [3.63, 3.8) is 0 Å². The molecule has 0 radical (unpaired) electrons. The second-order valence-electron chi connectivity index (χ2n) is 7.49. The molecule has 4 nitrogen and oxygen atoms in total. The maximum Gasteiger partial charge on any atom is 0.257 e. The highest BCUT2D eigenvalue weighted by molar-refractivity contribution is 5.99. The molecule has 4 rings (SSSR count). The zero-order chi connectivity index (χ0) is 15.6. The van der Waals surface area contributed by atoms with E-state index >= 15 is 0 Å². The van der Waals surface area contributed by atoms with E-state index in [2.05, 4.69) is 19.2 Å². The largest absolute Gasteiger partial charge is 0.497 e. The number of amides is 1. The molecule has 118 valence electrons. The van der Waals surface area contributed by atoms with E-state index in [1.54, 1.807) is 7.11 Å². The van der Waals surface area contributed by atoms with E-state index in [-0.39, 0.29) is 16.7 Å². The number of methoxy groups -OCH3 is 1. The fourth-order valence-electron chi connectivity index (χ4n) is 5.16. The number of carbonyl (C=O) groups is 1. The topological polar surface area (TPSA) is 47.6 Å². The monoisotopic (exact) mass is 301 g/mol. The SMILES string of the molecule is COc1ccc(NC(=O)C23CC4CCC2(C)C4(C)CO3)cc1. The molecule has 3 aliphatic rings. The first-order valence-corrected chi connectivity index (χ1v) is 8.05. The Kier molecular flexibility index (Phi) is 2.72. The van der Waals surface area contributed by atoms with Crippen LogP contribution >= 0.6 is 0 Å². The third kappa shape index (κ3) is 1.44. The van der Waals surface area contributed by atoms with Gasteiger partial charge in [0.1, 0.15) is 5.75 Å². The second-order valence-corrected chi connectivity index (χ2v) is 7.49. The first-order valence-electron chi connectivity index (χ1n) is 8.05. The Hall–Kier alpha value is -1.55. The van der Waals surface area contributed by atoms with Crippen LogP contribution in [0.1, 0.15) is 33.1 Å². The van der Waals surface area contributed by atoms with Crippen molar-refractivity contribution in [2.24, 2.45) is 16.7 Å². The van der Waals surface area contributed by atoms with Crippen molar-refractivity contribution in [2.45, 2.75) is 38.7 Å². The lowest BCUT2D eigenvalue weighted by atomic mass is 9.66. The van der Waals surface area contributed by atoms with Gasteiger partial charge in [0.2, 0.25) is 0 Å². The smallest absolute Gasteiger partial charge is 0.257 e. The molecule has 4 bridgehead atoms. The highest BCUT2D eigenvalue weighted by Crippen LogP contribution is 2.75. The number of nitrogens with one attached hydrogen (secondary N) is 1. The fourth-order valence-corrected chi connectivity index (χ4v) is 5.16. The predicted molar refractivity (Wildman–Crippen MR) is 83.9 cm³/mol. The zero-order valence-corrected chi connectivity index (χ0v) is 13.4. The molecule has 0 spiro atoms. The molecular weight excluding hydrogens is 278 g/mol. The van der Waals surface area contributed by atoms with Crippen molar-refractivity contribution in [2.75, 3.05) is 19.0 Å². The predicted octanol–water partition coefficient (Wildman–Crippen LogP) is 3.23. The van der Waals surface area contributed by atoms with Gasteiger partial charge in [-0.25, -0.2) is 0 Å². The molecule has 1 aromatic carbocycles. The van der Waals surface area contributed by atoms with Gasteiger partial charge in [-0.05, 0) is 49.4 Å². The highest BCUT2D eigenvalue weighted by atomic mass is 16.5. The molecule has 1 aliphatic heterocycles. The molecule has 1 heterocycles. The molecule has 1 saturated heterocycles. The van der Waals surface area contributed by atoms with Gasteiger partial charge in [0.05, 0.1) is 13.7 Å². The summed E-state index contributed by atoms with van der Waals surface area (Å²) in [6.45, 7) is 5.27. The Balaban J connectivity index is 1.61. The van der Waals surface area contributed by atoms with E-state index in [9.17, 15) is 4.79 Å². The molecule has 22 heavy (non-hydrogen) atoms. The van der Waals surface area contributed by atoms with E-state index in [0.717, 1.165) is 24.3 Å². The highest BCUT2D eigenvalue weighted by Gasteiger charge is 2.78. The minimum absolute atomic E-state index is 0.0195. The molecule has 1 amide bonds. The van der Waals surface area contributed by atoms with E-state index in [0.29, 0.717) is 12.5 Å². The van der Waals surface area contributed by atoms with Crippen molar-refractivity contribution in [1.29, 1.82) is 0 Å². The van der Waals surface area contributed by atoms with Crippen LogP contribution in [0.4, 0.5) is 5.69 Å². The minimum Gasteiger partial charge on any atom is -0.497 e. The van der Waals surface area contributed by atoms with Crippen LogP contribution in [0.25, 0.3) is 0 Å². The standard InChI is InChI=1S/C18H23NO3/c1-16-11-22-18(10-12(16)8-9-17(16,18)2)15(20)19-13-4-6-14(21-3)7-5-13/h4-7,12H,8-11H2,1-3H3,(H,19,20). The summed E-state index contributed by atoms with van der Waals surface area (Å²) >= 11 is 0. The third-order valence-corrected chi connectivity index (χ3v) is 6.91. The van der Waals surface area contributed by atoms with Crippen LogP contribution in [0, 0.1) is 16.7 Å². The third-order valence-electron chi connectivity index (χ3n) is 6.91. The van der Waals surface area contributed by atoms with Crippen molar-refractivity contribution >= 4 is 11.6 Å². The summed E-state index contributed by atoms with van der Waals surface area (Å²) in [5, 5.41) is 3.06. The maximum absolute atomic E-state index is 13.0. The molecule has 1 aromatic rings. The van der Waals surface area contributed by atoms with Gasteiger partial charge in [0.15, 0.2) is 5.60 Å². The summed E-state index contributed by atoms with van der Waals surface area (Å²) in [6, 6.07) is 7.46. The molecule has 2 aliphatic carbocycles. The Bertz CT molecular complexity index is 628. The van der Waals surface area contributed by atoms with Crippen LogP contribution in [0.2, 0.25) is 0 Å². The summed E-state index contributed by atoms with van der Waals surface area (Å²) in [5.74, 6) is 1.42. The van der Waals surface area contributed by atoms with Crippen molar-refractivity contribution in [1.82, 2.24) is 0 Å². The quantitative estimate of drug-likeness (QED) is 0.932. The number of rotatable bonds is 3. The summed E-state index contributed by atoms with van der Waals surface area (Å²) in [7, 11) is 1.63. The Morgan fingerprint density at radius 3 is 2.64 bits per heavy atom. The maximum atomic E-state index is 13.0. The molecular formula is C18H23NO3. The number of hydrogen-bond acceptors (Lipinski definition) is 3. The van der Waals surface area contributed by atoms with Gasteiger partial charge < -0.3 is 14.8 Å². The number of anilines is 1. The molecule has 3 fully saturated rings. The average molecular weight is 301 g/mol. The molecule has 4 unspecified atom stereocenters. The van der Waals surface area contributed by atoms with Crippen LogP contribution in [0.15, 0.2) is 24.3 Å². The van der Waals surface area contributed by atoms with Crippen LogP contribution in [-0.4, -0.2) is 25.2 Å². The van der Waals surface area contributed by atoms with Gasteiger partial charge in [-0.15, -0.1) is 0 Å². The van der Waals surface area contributed by atoms with Gasteiger partial charge in [-0.1, -0.05) is 13.8 Å². The Labute approximate surface area is 131 Å². The number of benzene rings is 1. The van der Waals surface area contributed by atoms with Crippen LogP contribution in [0.3, 0.4) is 0 Å². The molecule has 1 N–H and O–H groups in total. The molecule has 4 heteroatoms. The van der Waals surface area contributed by atoms with Crippen LogP contribution in [0.5, 0.6) is 5.75 Å². The van der Waals surface area contributed by atoms with Crippen LogP contribution in [-0.2, 0) is 9.53 Å². The lowest BCUT2D eigenvalue weighted by molar-refractivity contribution is -0.149. The molecule has 0 aromatic heterocycles. The summed E-state index contributed by atoms with van der Waals surface area (Å²) in [4.78, 5) is 13.0. The molecule has 4 atom stereocenters. The van der Waals surface area contributed by atoms with Crippen molar-refractivity contribution in [3.05, 3.63) is 24.3 Å². The van der Waals surface area contributed by atoms with Gasteiger partial charge >= 0.3 is 0 Å². The summed E-state index contributed by atoms with van der Waals surface area (Å²) in [5.41, 5.74) is 0.263. The van der Waals surface area contributed by atoms with Gasteiger partial charge in [-0.2, -0.15) is 0 Å². The first kappa shape index (κ1) is 14.1. The normalized spacial score (nSPS) is 41.7. The van der Waals surface area contributed by atoms with E-state index in [1.165, 1.54) is 6.42 Å². The second kappa shape index (κ2) is 4.25. The Morgan fingerprint density at radius 1 is 1.32 bits per heavy atom. The van der Waals surface area contributed by atoms with Gasteiger partial charge in [0.25, 0.3) is 5.91 Å². The number of hydrogen-bond donors (Lipinski definition) is 1. The summed E-state index contributed by atoms with van der Waals surface area (Å²) < 4.78 is 11.3. The Morgan fingerprint density at radius 2 is 2.05 bits per heavy atom. The van der Waals surface area contributed by atoms with Crippen molar-refractivity contribution in [3.8, 4) is 5.75 Å². The lowest BCUT2D eigenvalue weighted by Gasteiger charge is -2.40. The molecule has 2 saturated carbocycles. The van der Waals surface area contributed by atoms with E-state index in [4.69, 9.17) is 9.47 Å². The van der Waals surface area contributed by atoms with E-state index < -0.39 is 5.60 Å². The number of ether oxygens (including phenoxy) is 2. The minimum atomic E-state index is -0.648. The zero-order valence-electron chi connectivity index (χ0n) is 13.4.